The van der Waals surface area contributed by atoms with Crippen molar-refractivity contribution in [2.24, 2.45) is 0 Å². The summed E-state index contributed by atoms with van der Waals surface area (Å²) < 4.78 is 5.50. The van der Waals surface area contributed by atoms with Gasteiger partial charge in [-0.05, 0) is 47.5 Å². The van der Waals surface area contributed by atoms with Gasteiger partial charge < -0.3 is 9.64 Å². The highest BCUT2D eigenvalue weighted by Crippen LogP contribution is 2.24. The van der Waals surface area contributed by atoms with Crippen molar-refractivity contribution in [3.05, 3.63) is 82.6 Å². The molecular formula is C23H23NO2S. The van der Waals surface area contributed by atoms with Crippen LogP contribution in [0, 0.1) is 0 Å². The maximum absolute atomic E-state index is 13.3. The quantitative estimate of drug-likeness (QED) is 0.609. The van der Waals surface area contributed by atoms with Crippen LogP contribution in [-0.4, -0.2) is 30.1 Å². The van der Waals surface area contributed by atoms with Gasteiger partial charge in [-0.1, -0.05) is 48.5 Å². The first-order valence-electron chi connectivity index (χ1n) is 9.38. The first-order valence-corrected chi connectivity index (χ1v) is 10.3. The molecule has 0 bridgehead atoms. The third-order valence-corrected chi connectivity index (χ3v) is 5.90. The van der Waals surface area contributed by atoms with Crippen LogP contribution in [0.3, 0.4) is 0 Å². The zero-order valence-electron chi connectivity index (χ0n) is 15.2. The van der Waals surface area contributed by atoms with E-state index in [0.717, 1.165) is 42.7 Å². The zero-order chi connectivity index (χ0) is 18.5. The van der Waals surface area contributed by atoms with Crippen molar-refractivity contribution in [2.75, 3.05) is 13.2 Å². The lowest BCUT2D eigenvalue weighted by Crippen LogP contribution is -2.42. The number of thiophene rings is 1. The van der Waals surface area contributed by atoms with Crippen molar-refractivity contribution in [3.8, 4) is 11.1 Å². The van der Waals surface area contributed by atoms with Gasteiger partial charge in [-0.15, -0.1) is 11.3 Å². The summed E-state index contributed by atoms with van der Waals surface area (Å²) in [7, 11) is 0. The minimum absolute atomic E-state index is 0.106. The molecule has 0 atom stereocenters. The summed E-state index contributed by atoms with van der Waals surface area (Å²) >= 11 is 1.70. The Morgan fingerprint density at radius 2 is 1.63 bits per heavy atom. The molecule has 3 aromatic rings. The van der Waals surface area contributed by atoms with E-state index >= 15 is 0 Å². The molecule has 0 N–H and O–H groups in total. The summed E-state index contributed by atoms with van der Waals surface area (Å²) in [6, 6.07) is 22.6. The smallest absolute Gasteiger partial charge is 0.254 e. The SMILES string of the molecule is O=C(c1ccc(-c2ccccc2)cc1)N(Cc1cccs1)C1CCOCC1. The standard InChI is InChI=1S/C23H23NO2S/c25-23(20-10-8-19(9-11-20)18-5-2-1-3-6-18)24(17-22-7-4-16-27-22)21-12-14-26-15-13-21/h1-11,16,21H,12-15,17H2. The van der Waals surface area contributed by atoms with Gasteiger partial charge in [0.1, 0.15) is 0 Å². The molecule has 1 fully saturated rings. The Morgan fingerprint density at radius 3 is 2.30 bits per heavy atom. The number of carbonyl (C=O) groups excluding carboxylic acids is 1. The van der Waals surface area contributed by atoms with Crippen LogP contribution < -0.4 is 0 Å². The Balaban J connectivity index is 1.56. The minimum atomic E-state index is 0.106. The number of rotatable bonds is 5. The lowest BCUT2D eigenvalue weighted by Gasteiger charge is -2.34. The first-order chi connectivity index (χ1) is 13.3. The largest absolute Gasteiger partial charge is 0.381 e. The molecule has 1 aliphatic heterocycles. The highest BCUT2D eigenvalue weighted by atomic mass is 32.1. The highest BCUT2D eigenvalue weighted by Gasteiger charge is 2.27. The molecule has 0 radical (unpaired) electrons. The maximum atomic E-state index is 13.3. The minimum Gasteiger partial charge on any atom is -0.381 e. The number of benzene rings is 2. The van der Waals surface area contributed by atoms with E-state index in [0.29, 0.717) is 6.54 Å². The Labute approximate surface area is 164 Å². The molecule has 0 spiro atoms. The van der Waals surface area contributed by atoms with Gasteiger partial charge >= 0.3 is 0 Å². The van der Waals surface area contributed by atoms with E-state index in [4.69, 9.17) is 4.74 Å². The molecule has 1 saturated heterocycles. The predicted molar refractivity (Wildman–Crippen MR) is 110 cm³/mol. The van der Waals surface area contributed by atoms with Crippen LogP contribution >= 0.6 is 11.3 Å². The van der Waals surface area contributed by atoms with Gasteiger partial charge in [0.15, 0.2) is 0 Å². The monoisotopic (exact) mass is 377 g/mol. The van der Waals surface area contributed by atoms with Gasteiger partial charge in [0.2, 0.25) is 0 Å². The molecule has 1 aliphatic rings. The molecule has 3 nitrogen and oxygen atoms in total. The zero-order valence-corrected chi connectivity index (χ0v) is 16.0. The molecule has 138 valence electrons. The summed E-state index contributed by atoms with van der Waals surface area (Å²) in [5.74, 6) is 0.106. The molecule has 1 aromatic heterocycles. The van der Waals surface area contributed by atoms with Crippen molar-refractivity contribution in [1.29, 1.82) is 0 Å². The lowest BCUT2D eigenvalue weighted by atomic mass is 10.0. The summed E-state index contributed by atoms with van der Waals surface area (Å²) in [5.41, 5.74) is 3.04. The van der Waals surface area contributed by atoms with E-state index in [1.165, 1.54) is 4.88 Å². The number of amides is 1. The molecule has 1 amide bonds. The summed E-state index contributed by atoms with van der Waals surface area (Å²) in [6.07, 6.45) is 1.80. The van der Waals surface area contributed by atoms with Gasteiger partial charge in [-0.25, -0.2) is 0 Å². The van der Waals surface area contributed by atoms with Gasteiger partial charge in [-0.3, -0.25) is 4.79 Å². The van der Waals surface area contributed by atoms with Crippen molar-refractivity contribution < 1.29 is 9.53 Å². The molecule has 4 heteroatoms. The van der Waals surface area contributed by atoms with E-state index < -0.39 is 0 Å². The summed E-state index contributed by atoms with van der Waals surface area (Å²) in [5, 5.41) is 2.07. The molecule has 0 saturated carbocycles. The molecule has 4 rings (SSSR count). The van der Waals surface area contributed by atoms with E-state index in [2.05, 4.69) is 23.6 Å². The van der Waals surface area contributed by atoms with Crippen LogP contribution in [0.5, 0.6) is 0 Å². The normalized spacial score (nSPS) is 14.8. The van der Waals surface area contributed by atoms with Gasteiger partial charge in [0.05, 0.1) is 6.54 Å². The third-order valence-electron chi connectivity index (χ3n) is 5.04. The van der Waals surface area contributed by atoms with Crippen LogP contribution in [0.15, 0.2) is 72.1 Å². The Morgan fingerprint density at radius 1 is 0.926 bits per heavy atom. The Hall–Kier alpha value is -2.43. The summed E-state index contributed by atoms with van der Waals surface area (Å²) in [6.45, 7) is 2.12. The van der Waals surface area contributed by atoms with Crippen LogP contribution in [0.4, 0.5) is 0 Å². The lowest BCUT2D eigenvalue weighted by molar-refractivity contribution is 0.0270. The number of nitrogens with zero attached hydrogens (tertiary/aromatic N) is 1. The maximum Gasteiger partial charge on any atom is 0.254 e. The molecule has 27 heavy (non-hydrogen) atoms. The molecule has 2 heterocycles. The van der Waals surface area contributed by atoms with E-state index in [1.54, 1.807) is 11.3 Å². The van der Waals surface area contributed by atoms with Crippen LogP contribution in [0.1, 0.15) is 28.1 Å². The number of hydrogen-bond acceptors (Lipinski definition) is 3. The van der Waals surface area contributed by atoms with Crippen LogP contribution in [-0.2, 0) is 11.3 Å². The van der Waals surface area contributed by atoms with E-state index in [-0.39, 0.29) is 11.9 Å². The van der Waals surface area contributed by atoms with Gasteiger partial charge in [0, 0.05) is 29.7 Å². The average molecular weight is 378 g/mol. The second kappa shape index (κ2) is 8.51. The molecule has 2 aromatic carbocycles. The summed E-state index contributed by atoms with van der Waals surface area (Å²) in [4.78, 5) is 16.6. The predicted octanol–water partition coefficient (Wildman–Crippen LogP) is 5.24. The van der Waals surface area contributed by atoms with Crippen LogP contribution in [0.2, 0.25) is 0 Å². The van der Waals surface area contributed by atoms with E-state index in [1.807, 2.05) is 53.4 Å². The Bertz CT molecular complexity index is 853. The topological polar surface area (TPSA) is 29.5 Å². The fourth-order valence-corrected chi connectivity index (χ4v) is 4.24. The Kier molecular flexibility index (Phi) is 5.66. The van der Waals surface area contributed by atoms with Crippen molar-refractivity contribution in [2.45, 2.75) is 25.4 Å². The number of hydrogen-bond donors (Lipinski definition) is 0. The van der Waals surface area contributed by atoms with Crippen molar-refractivity contribution >= 4 is 17.2 Å². The number of carbonyl (C=O) groups is 1. The second-order valence-corrected chi connectivity index (χ2v) is 7.83. The van der Waals surface area contributed by atoms with E-state index in [9.17, 15) is 4.79 Å². The van der Waals surface area contributed by atoms with Gasteiger partial charge in [-0.2, -0.15) is 0 Å². The van der Waals surface area contributed by atoms with Gasteiger partial charge in [0.25, 0.3) is 5.91 Å². The second-order valence-electron chi connectivity index (χ2n) is 6.80. The highest BCUT2D eigenvalue weighted by molar-refractivity contribution is 7.09. The van der Waals surface area contributed by atoms with Crippen LogP contribution in [0.25, 0.3) is 11.1 Å². The fraction of sp³-hybridized carbons (Fsp3) is 0.261. The first kappa shape index (κ1) is 18.0. The molecule has 0 unspecified atom stereocenters. The molecular weight excluding hydrogens is 354 g/mol. The fourth-order valence-electron chi connectivity index (χ4n) is 3.54. The number of ether oxygens (including phenoxy) is 1. The molecule has 0 aliphatic carbocycles. The van der Waals surface area contributed by atoms with Crippen molar-refractivity contribution in [1.82, 2.24) is 4.90 Å². The average Bonchev–Trinajstić information content (AvgIpc) is 3.26. The third kappa shape index (κ3) is 4.29. The van der Waals surface area contributed by atoms with Crippen molar-refractivity contribution in [3.63, 3.8) is 0 Å².